The molecule has 1 aromatic heterocycles. The van der Waals surface area contributed by atoms with Crippen LogP contribution in [0.3, 0.4) is 0 Å². The number of aromatic nitrogens is 2. The third-order valence-electron chi connectivity index (χ3n) is 10.5. The van der Waals surface area contributed by atoms with Crippen molar-refractivity contribution in [2.75, 3.05) is 68.1 Å². The minimum absolute atomic E-state index is 0.00292. The number of carbonyl (C=O) groups excluding carboxylic acids is 1. The van der Waals surface area contributed by atoms with Crippen LogP contribution in [0.2, 0.25) is 23.2 Å². The Morgan fingerprint density at radius 1 is 1.10 bits per heavy atom. The predicted molar refractivity (Wildman–Crippen MR) is 212 cm³/mol. The number of nitriles is 1. The van der Waals surface area contributed by atoms with Gasteiger partial charge in [0.05, 0.1) is 40.5 Å². The molecular formula is C39H54ClN7O4Si. The smallest absolute Gasteiger partial charge is 0.414 e. The highest BCUT2D eigenvalue weighted by Crippen LogP contribution is 2.47. The molecule has 52 heavy (non-hydrogen) atoms. The molecule has 1 amide bonds. The van der Waals surface area contributed by atoms with E-state index >= 15 is 0 Å². The number of likely N-dealkylation sites (N-methyl/N-ethyl adjacent to an activating group) is 1. The minimum atomic E-state index is -2.16. The lowest BCUT2D eigenvalue weighted by Gasteiger charge is -2.39. The molecule has 3 aromatic rings. The van der Waals surface area contributed by atoms with Gasteiger partial charge in [-0.2, -0.15) is 5.26 Å². The van der Waals surface area contributed by atoms with Crippen LogP contribution < -0.4 is 19.9 Å². The highest BCUT2D eigenvalue weighted by Gasteiger charge is 2.47. The van der Waals surface area contributed by atoms with E-state index in [9.17, 15) is 10.1 Å². The lowest BCUT2D eigenvalue weighted by molar-refractivity contribution is 0.0575. The Bertz CT molecular complexity index is 1840. The van der Waals surface area contributed by atoms with Crippen LogP contribution >= 0.6 is 11.6 Å². The van der Waals surface area contributed by atoms with Gasteiger partial charge in [0, 0.05) is 62.6 Å². The molecule has 0 saturated carbocycles. The van der Waals surface area contributed by atoms with Crippen molar-refractivity contribution in [3.8, 4) is 23.1 Å². The highest BCUT2D eigenvalue weighted by molar-refractivity contribution is 6.74. The zero-order valence-electron chi connectivity index (χ0n) is 32.6. The van der Waals surface area contributed by atoms with Crippen LogP contribution in [0.15, 0.2) is 36.5 Å². The molecule has 1 atom stereocenters. The fourth-order valence-electron chi connectivity index (χ4n) is 6.34. The summed E-state index contributed by atoms with van der Waals surface area (Å²) < 4.78 is 18.4. The van der Waals surface area contributed by atoms with Crippen LogP contribution in [-0.2, 0) is 14.6 Å². The van der Waals surface area contributed by atoms with Crippen LogP contribution in [0.25, 0.3) is 11.3 Å². The van der Waals surface area contributed by atoms with Crippen molar-refractivity contribution in [2.45, 2.75) is 84.5 Å². The molecule has 0 bridgehead atoms. The number of ether oxygens (including phenoxy) is 2. The zero-order valence-corrected chi connectivity index (χ0v) is 34.4. The largest absolute Gasteiger partial charge is 0.494 e. The SMILES string of the molecule is CCN1CCN(c2cc(OC)c(Nc3nccc(-c4cc(C#N)c5c(c4)C(C)(CO[Si](C)(C)C(C)(C)C)CN5C(=O)OC(C)(C)C)n3)cc2Cl)CC1. The van der Waals surface area contributed by atoms with Crippen molar-refractivity contribution in [3.63, 3.8) is 0 Å². The summed E-state index contributed by atoms with van der Waals surface area (Å²) in [6, 6.07) is 11.8. The van der Waals surface area contributed by atoms with Crippen LogP contribution in [0.5, 0.6) is 5.75 Å². The Morgan fingerprint density at radius 3 is 2.38 bits per heavy atom. The fourth-order valence-corrected chi connectivity index (χ4v) is 7.74. The van der Waals surface area contributed by atoms with Gasteiger partial charge in [-0.3, -0.25) is 4.90 Å². The maximum atomic E-state index is 13.6. The molecule has 0 radical (unpaired) electrons. The standard InChI is InChI=1S/C39H54ClN7O4Si/c1-12-45-15-17-46(18-16-45)32-22-33(49-9)31(21-29(32)40)44-35-42-14-13-30(43-35)26-19-27(23-41)34-28(20-26)39(8,25-50-52(10,11)38(5,6)7)24-47(34)36(48)51-37(2,3)4/h13-14,19-22H,12,15-18,24-25H2,1-11H3,(H,42,43,44). The fraction of sp³-hybridized carbons (Fsp3) is 0.538. The number of benzene rings is 2. The topological polar surface area (TPSA) is 116 Å². The van der Waals surface area contributed by atoms with Crippen molar-refractivity contribution in [3.05, 3.63) is 52.7 Å². The van der Waals surface area contributed by atoms with Crippen LogP contribution in [-0.4, -0.2) is 87.9 Å². The van der Waals surface area contributed by atoms with Gasteiger partial charge in [0.25, 0.3) is 0 Å². The third-order valence-corrected chi connectivity index (χ3v) is 15.2. The molecule has 1 saturated heterocycles. The first-order valence-corrected chi connectivity index (χ1v) is 21.3. The van der Waals surface area contributed by atoms with E-state index in [1.54, 1.807) is 30.3 Å². The molecule has 2 aromatic carbocycles. The van der Waals surface area contributed by atoms with Gasteiger partial charge in [0.2, 0.25) is 5.95 Å². The lowest BCUT2D eigenvalue weighted by atomic mass is 9.83. The number of hydrogen-bond donors (Lipinski definition) is 1. The molecule has 1 fully saturated rings. The number of fused-ring (bicyclic) bond motifs is 1. The van der Waals surface area contributed by atoms with E-state index in [4.69, 9.17) is 30.5 Å². The quantitative estimate of drug-likeness (QED) is 0.213. The first-order valence-electron chi connectivity index (χ1n) is 18.0. The normalized spacial score (nSPS) is 18.2. The third kappa shape index (κ3) is 8.33. The highest BCUT2D eigenvalue weighted by atomic mass is 35.5. The summed E-state index contributed by atoms with van der Waals surface area (Å²) >= 11 is 6.85. The number of halogens is 1. The van der Waals surface area contributed by atoms with Crippen molar-refractivity contribution in [1.82, 2.24) is 14.9 Å². The number of hydrogen-bond acceptors (Lipinski definition) is 10. The Morgan fingerprint density at radius 2 is 1.79 bits per heavy atom. The van der Waals surface area contributed by atoms with Gasteiger partial charge in [0.15, 0.2) is 8.32 Å². The van der Waals surface area contributed by atoms with Gasteiger partial charge >= 0.3 is 6.09 Å². The molecule has 1 unspecified atom stereocenters. The van der Waals surface area contributed by atoms with Crippen molar-refractivity contribution in [2.24, 2.45) is 0 Å². The van der Waals surface area contributed by atoms with Crippen LogP contribution in [0.4, 0.5) is 27.8 Å². The molecule has 2 aliphatic heterocycles. The molecule has 13 heteroatoms. The van der Waals surface area contributed by atoms with Crippen molar-refractivity contribution < 1.29 is 18.7 Å². The van der Waals surface area contributed by atoms with E-state index in [1.807, 2.05) is 39.0 Å². The Kier molecular flexibility index (Phi) is 11.2. The van der Waals surface area contributed by atoms with E-state index in [2.05, 4.69) is 73.9 Å². The number of anilines is 4. The summed E-state index contributed by atoms with van der Waals surface area (Å²) in [4.78, 5) is 29.3. The Hall–Kier alpha value is -3.89. The molecule has 280 valence electrons. The monoisotopic (exact) mass is 747 g/mol. The second kappa shape index (κ2) is 14.9. The number of amides is 1. The lowest BCUT2D eigenvalue weighted by Crippen LogP contribution is -2.46. The minimum Gasteiger partial charge on any atom is -0.494 e. The molecule has 11 nitrogen and oxygen atoms in total. The van der Waals surface area contributed by atoms with Gasteiger partial charge in [-0.1, -0.05) is 46.2 Å². The Balaban J connectivity index is 1.50. The summed E-state index contributed by atoms with van der Waals surface area (Å²) in [5, 5.41) is 14.4. The summed E-state index contributed by atoms with van der Waals surface area (Å²) in [7, 11) is -0.525. The molecular weight excluding hydrogens is 694 g/mol. The number of carbonyl (C=O) groups is 1. The van der Waals surface area contributed by atoms with Crippen LogP contribution in [0, 0.1) is 11.3 Å². The average molecular weight is 748 g/mol. The van der Waals surface area contributed by atoms with Crippen molar-refractivity contribution >= 4 is 49.0 Å². The van der Waals surface area contributed by atoms with Crippen molar-refractivity contribution in [1.29, 1.82) is 5.26 Å². The van der Waals surface area contributed by atoms with Gasteiger partial charge < -0.3 is 29.0 Å². The number of piperazine rings is 1. The number of methoxy groups -OCH3 is 1. The molecule has 3 heterocycles. The first-order chi connectivity index (χ1) is 24.3. The predicted octanol–water partition coefficient (Wildman–Crippen LogP) is 8.60. The van der Waals surface area contributed by atoms with E-state index in [-0.39, 0.29) is 5.04 Å². The van der Waals surface area contributed by atoms with Gasteiger partial charge in [0.1, 0.15) is 17.4 Å². The molecule has 2 aliphatic rings. The average Bonchev–Trinajstić information content (AvgIpc) is 3.39. The van der Waals surface area contributed by atoms with E-state index in [1.165, 1.54) is 0 Å². The second-order valence-electron chi connectivity index (χ2n) is 16.5. The summed E-state index contributed by atoms with van der Waals surface area (Å²) in [5.74, 6) is 0.963. The molecule has 5 rings (SSSR count). The maximum Gasteiger partial charge on any atom is 0.414 e. The molecule has 0 spiro atoms. The summed E-state index contributed by atoms with van der Waals surface area (Å²) in [6.07, 6.45) is 1.18. The number of nitrogens with zero attached hydrogens (tertiary/aromatic N) is 6. The Labute approximate surface area is 315 Å². The maximum absolute atomic E-state index is 13.6. The second-order valence-corrected chi connectivity index (χ2v) is 21.7. The van der Waals surface area contributed by atoms with E-state index in [0.717, 1.165) is 49.5 Å². The van der Waals surface area contributed by atoms with Gasteiger partial charge in [-0.05, 0) is 75.3 Å². The van der Waals surface area contributed by atoms with Gasteiger partial charge in [-0.25, -0.2) is 14.8 Å². The number of nitrogens with one attached hydrogen (secondary N) is 1. The first kappa shape index (κ1) is 39.3. The molecule has 1 N–H and O–H groups in total. The zero-order chi connectivity index (χ0) is 38.2. The van der Waals surface area contributed by atoms with Crippen LogP contribution in [0.1, 0.15) is 66.5 Å². The number of rotatable bonds is 9. The summed E-state index contributed by atoms with van der Waals surface area (Å²) in [6.45, 7) is 26.3. The van der Waals surface area contributed by atoms with Gasteiger partial charge in [-0.15, -0.1) is 0 Å². The van der Waals surface area contributed by atoms with E-state index in [0.29, 0.717) is 52.5 Å². The molecule has 0 aliphatic carbocycles. The summed E-state index contributed by atoms with van der Waals surface area (Å²) in [5.41, 5.74) is 3.30. The van der Waals surface area contributed by atoms with E-state index < -0.39 is 25.4 Å².